The molecule has 3 rings (SSSR count). The Balaban J connectivity index is 1.60. The molecule has 0 aromatic carbocycles. The molecule has 3 fully saturated rings. The van der Waals surface area contributed by atoms with Crippen LogP contribution >= 0.6 is 0 Å². The van der Waals surface area contributed by atoms with Gasteiger partial charge in [0.2, 0.25) is 0 Å². The molecular formula is C15H26N2O. The lowest BCUT2D eigenvalue weighted by molar-refractivity contribution is -0.127. The van der Waals surface area contributed by atoms with Crippen molar-refractivity contribution in [3.8, 4) is 0 Å². The molecule has 0 saturated carbocycles. The van der Waals surface area contributed by atoms with Gasteiger partial charge in [0.05, 0.1) is 0 Å². The lowest BCUT2D eigenvalue weighted by Gasteiger charge is -2.47. The van der Waals surface area contributed by atoms with Crippen LogP contribution in [0.3, 0.4) is 0 Å². The van der Waals surface area contributed by atoms with Crippen molar-refractivity contribution in [2.75, 3.05) is 26.7 Å². The zero-order chi connectivity index (χ0) is 12.5. The Morgan fingerprint density at radius 1 is 1.06 bits per heavy atom. The summed E-state index contributed by atoms with van der Waals surface area (Å²) in [5.41, 5.74) is 0. The van der Waals surface area contributed by atoms with Crippen molar-refractivity contribution in [2.24, 2.45) is 5.92 Å². The summed E-state index contributed by atoms with van der Waals surface area (Å²) in [6.07, 6.45) is 8.23. The lowest BCUT2D eigenvalue weighted by atomic mass is 9.82. The Morgan fingerprint density at radius 2 is 1.67 bits per heavy atom. The van der Waals surface area contributed by atoms with Gasteiger partial charge in [-0.15, -0.1) is 0 Å². The summed E-state index contributed by atoms with van der Waals surface area (Å²) < 4.78 is 0. The first-order chi connectivity index (χ1) is 8.72. The number of likely N-dealkylation sites (tertiary alicyclic amines) is 1. The van der Waals surface area contributed by atoms with E-state index in [9.17, 15) is 4.79 Å². The normalized spacial score (nSPS) is 35.9. The Labute approximate surface area is 111 Å². The Bertz CT molecular complexity index is 294. The molecule has 3 nitrogen and oxygen atoms in total. The molecule has 0 aromatic rings. The number of carbonyl (C=O) groups is 1. The highest BCUT2D eigenvalue weighted by atomic mass is 16.1. The van der Waals surface area contributed by atoms with Crippen molar-refractivity contribution >= 4 is 5.78 Å². The molecule has 3 aliphatic heterocycles. The van der Waals surface area contributed by atoms with Crippen LogP contribution in [0.15, 0.2) is 0 Å². The van der Waals surface area contributed by atoms with Gasteiger partial charge in [-0.3, -0.25) is 9.69 Å². The zero-order valence-corrected chi connectivity index (χ0v) is 11.6. The molecule has 2 unspecified atom stereocenters. The monoisotopic (exact) mass is 250 g/mol. The molecule has 0 spiro atoms. The maximum atomic E-state index is 11.7. The van der Waals surface area contributed by atoms with Crippen LogP contribution in [0.1, 0.15) is 44.9 Å². The fraction of sp³-hybridized carbons (Fsp3) is 0.933. The van der Waals surface area contributed by atoms with Gasteiger partial charge >= 0.3 is 0 Å². The predicted molar refractivity (Wildman–Crippen MR) is 72.6 cm³/mol. The molecule has 0 amide bonds. The third-order valence-corrected chi connectivity index (χ3v) is 5.25. The highest BCUT2D eigenvalue weighted by Gasteiger charge is 2.38. The number of rotatable bonds is 2. The predicted octanol–water partition coefficient (Wildman–Crippen LogP) is 1.91. The Hall–Kier alpha value is -0.410. The van der Waals surface area contributed by atoms with Gasteiger partial charge in [0.25, 0.3) is 0 Å². The van der Waals surface area contributed by atoms with E-state index in [1.54, 1.807) is 0 Å². The van der Waals surface area contributed by atoms with Gasteiger partial charge in [-0.1, -0.05) is 6.42 Å². The van der Waals surface area contributed by atoms with E-state index in [0.29, 0.717) is 17.9 Å². The minimum Gasteiger partial charge on any atom is -0.306 e. The molecule has 0 aliphatic carbocycles. The van der Waals surface area contributed by atoms with Crippen LogP contribution in [0, 0.1) is 5.92 Å². The third-order valence-electron chi connectivity index (χ3n) is 5.25. The summed E-state index contributed by atoms with van der Waals surface area (Å²) in [7, 11) is 2.23. The first-order valence-corrected chi connectivity index (χ1v) is 7.68. The van der Waals surface area contributed by atoms with Crippen LogP contribution < -0.4 is 0 Å². The number of hydrogen-bond donors (Lipinski definition) is 0. The number of piperidine rings is 3. The van der Waals surface area contributed by atoms with Crippen molar-refractivity contribution in [2.45, 2.75) is 57.0 Å². The van der Waals surface area contributed by atoms with E-state index >= 15 is 0 Å². The second-order valence-electron chi connectivity index (χ2n) is 6.63. The van der Waals surface area contributed by atoms with Crippen molar-refractivity contribution in [1.29, 1.82) is 0 Å². The van der Waals surface area contributed by atoms with E-state index < -0.39 is 0 Å². The largest absolute Gasteiger partial charge is 0.306 e. The van der Waals surface area contributed by atoms with E-state index in [-0.39, 0.29) is 0 Å². The maximum Gasteiger partial charge on any atom is 0.136 e. The quantitative estimate of drug-likeness (QED) is 0.748. The van der Waals surface area contributed by atoms with Crippen molar-refractivity contribution in [3.05, 3.63) is 0 Å². The Morgan fingerprint density at radius 3 is 2.28 bits per heavy atom. The maximum absolute atomic E-state index is 11.7. The minimum atomic E-state index is 0.518. The van der Waals surface area contributed by atoms with E-state index in [4.69, 9.17) is 0 Å². The summed E-state index contributed by atoms with van der Waals surface area (Å²) in [6, 6.07) is 1.18. The molecule has 3 saturated heterocycles. The average molecular weight is 250 g/mol. The number of carbonyl (C=O) groups excluding carboxylic acids is 1. The zero-order valence-electron chi connectivity index (χ0n) is 11.6. The van der Waals surface area contributed by atoms with E-state index in [1.165, 1.54) is 51.7 Å². The summed E-state index contributed by atoms with van der Waals surface area (Å²) in [5, 5.41) is 0. The molecule has 3 aliphatic rings. The van der Waals surface area contributed by atoms with Gasteiger partial charge in [-0.05, 0) is 51.7 Å². The van der Waals surface area contributed by atoms with Crippen LogP contribution in [0.25, 0.3) is 0 Å². The first-order valence-electron chi connectivity index (χ1n) is 7.68. The van der Waals surface area contributed by atoms with Crippen molar-refractivity contribution in [3.63, 3.8) is 0 Å². The third kappa shape index (κ3) is 2.62. The number of ketones is 1. The van der Waals surface area contributed by atoms with Gasteiger partial charge in [0.1, 0.15) is 5.78 Å². The molecule has 0 N–H and O–H groups in total. The van der Waals surface area contributed by atoms with Crippen LogP contribution in [-0.4, -0.2) is 54.3 Å². The second kappa shape index (κ2) is 5.30. The summed E-state index contributed by atoms with van der Waals surface area (Å²) >= 11 is 0. The topological polar surface area (TPSA) is 23.6 Å². The van der Waals surface area contributed by atoms with Crippen molar-refractivity contribution < 1.29 is 4.79 Å². The summed E-state index contributed by atoms with van der Waals surface area (Å²) in [5.74, 6) is 1.39. The highest BCUT2D eigenvalue weighted by Crippen LogP contribution is 2.34. The molecule has 18 heavy (non-hydrogen) atoms. The number of Topliss-reactive ketones (excluding diaryl/α,β-unsaturated/α-hetero) is 1. The van der Waals surface area contributed by atoms with Gasteiger partial charge in [-0.25, -0.2) is 0 Å². The van der Waals surface area contributed by atoms with E-state index in [1.807, 2.05) is 0 Å². The average Bonchev–Trinajstić information content (AvgIpc) is 2.33. The van der Waals surface area contributed by atoms with E-state index in [0.717, 1.165) is 18.8 Å². The first kappa shape index (κ1) is 12.6. The van der Waals surface area contributed by atoms with Gasteiger partial charge in [0, 0.05) is 31.5 Å². The fourth-order valence-electron chi connectivity index (χ4n) is 4.11. The van der Waals surface area contributed by atoms with Crippen molar-refractivity contribution in [1.82, 2.24) is 9.80 Å². The molecule has 102 valence electrons. The molecule has 0 aromatic heterocycles. The molecule has 2 atom stereocenters. The van der Waals surface area contributed by atoms with Gasteiger partial charge < -0.3 is 4.90 Å². The molecule has 2 bridgehead atoms. The standard InChI is InChI=1S/C15H26N2O/c1-16-7-5-12(6-8-16)11-17-13-3-2-4-14(17)10-15(18)9-13/h12-14H,2-11H2,1H3. The lowest BCUT2D eigenvalue weighted by Crippen LogP contribution is -2.54. The smallest absolute Gasteiger partial charge is 0.136 e. The van der Waals surface area contributed by atoms with Gasteiger partial charge in [0.15, 0.2) is 0 Å². The molecular weight excluding hydrogens is 224 g/mol. The minimum absolute atomic E-state index is 0.518. The SMILES string of the molecule is CN1CCC(CN2C3CCCC2CC(=O)C3)CC1. The van der Waals surface area contributed by atoms with Crippen LogP contribution in [0.4, 0.5) is 0 Å². The van der Waals surface area contributed by atoms with Crippen LogP contribution in [-0.2, 0) is 4.79 Å². The van der Waals surface area contributed by atoms with Crippen LogP contribution in [0.2, 0.25) is 0 Å². The second-order valence-corrected chi connectivity index (χ2v) is 6.63. The summed E-state index contributed by atoms with van der Waals surface area (Å²) in [4.78, 5) is 16.9. The number of fused-ring (bicyclic) bond motifs is 2. The van der Waals surface area contributed by atoms with Gasteiger partial charge in [-0.2, -0.15) is 0 Å². The Kier molecular flexibility index (Phi) is 3.71. The number of nitrogens with zero attached hydrogens (tertiary/aromatic N) is 2. The highest BCUT2D eigenvalue weighted by molar-refractivity contribution is 5.80. The summed E-state index contributed by atoms with van der Waals surface area (Å²) in [6.45, 7) is 3.77. The number of hydrogen-bond acceptors (Lipinski definition) is 3. The molecule has 0 radical (unpaired) electrons. The molecule has 3 heteroatoms. The molecule has 3 heterocycles. The fourth-order valence-corrected chi connectivity index (χ4v) is 4.11. The van der Waals surface area contributed by atoms with E-state index in [2.05, 4.69) is 16.8 Å². The van der Waals surface area contributed by atoms with Crippen LogP contribution in [0.5, 0.6) is 0 Å².